The lowest BCUT2D eigenvalue weighted by molar-refractivity contribution is 0.913. The van der Waals surface area contributed by atoms with E-state index in [-0.39, 0.29) is 0 Å². The molecule has 0 amide bonds. The molecule has 0 heterocycles. The van der Waals surface area contributed by atoms with Gasteiger partial charge in [-0.1, -0.05) is 107 Å². The van der Waals surface area contributed by atoms with Crippen LogP contribution in [0.2, 0.25) is 11.1 Å². The fraction of sp³-hybridized carbons (Fsp3) is 0.143. The van der Waals surface area contributed by atoms with Gasteiger partial charge in [0.05, 0.1) is 0 Å². The molecule has 0 saturated carbocycles. The Hall–Kier alpha value is -1.83. The summed E-state index contributed by atoms with van der Waals surface area (Å²) in [6.45, 7) is 0. The second-order valence-corrected chi connectivity index (χ2v) is 9.34. The summed E-state index contributed by atoms with van der Waals surface area (Å²) < 4.78 is 0. The third-order valence-corrected chi connectivity index (χ3v) is 7.89. The Morgan fingerprint density at radius 1 is 0.652 bits per heavy atom. The Morgan fingerprint density at radius 3 is 1.70 bits per heavy atom. The van der Waals surface area contributed by atoms with Crippen molar-refractivity contribution in [3.63, 3.8) is 0 Å². The van der Waals surface area contributed by atoms with Crippen LogP contribution in [0.5, 0.6) is 0 Å². The van der Waals surface area contributed by atoms with E-state index in [0.717, 1.165) is 11.4 Å². The van der Waals surface area contributed by atoms with Crippen LogP contribution < -0.4 is 10.4 Å². The standard InChI is InChI=1S/C21H21ClSi/c22-19-15-13-18(14-16-19)8-7-17-23(20-9-3-1-4-10-20)21-11-5-2-6-12-21/h1-6,9-16,23H,7-8,17H2. The number of hydrogen-bond donors (Lipinski definition) is 0. The van der Waals surface area contributed by atoms with Crippen molar-refractivity contribution in [1.82, 2.24) is 0 Å². The van der Waals surface area contributed by atoms with Gasteiger partial charge in [-0.3, -0.25) is 0 Å². The smallest absolute Gasteiger partial charge is 0.0843 e. The first-order valence-electron chi connectivity index (χ1n) is 8.17. The van der Waals surface area contributed by atoms with Crippen molar-refractivity contribution >= 4 is 30.8 Å². The summed E-state index contributed by atoms with van der Waals surface area (Å²) in [5, 5.41) is 3.89. The van der Waals surface area contributed by atoms with Crippen LogP contribution in [0.15, 0.2) is 84.9 Å². The van der Waals surface area contributed by atoms with E-state index in [1.165, 1.54) is 28.4 Å². The molecule has 0 atom stereocenters. The zero-order chi connectivity index (χ0) is 15.9. The first-order valence-corrected chi connectivity index (χ1v) is 10.5. The van der Waals surface area contributed by atoms with E-state index in [9.17, 15) is 0 Å². The van der Waals surface area contributed by atoms with Crippen molar-refractivity contribution in [2.45, 2.75) is 18.9 Å². The number of benzene rings is 3. The Balaban J connectivity index is 1.71. The topological polar surface area (TPSA) is 0 Å². The van der Waals surface area contributed by atoms with Crippen LogP contribution in [0.4, 0.5) is 0 Å². The van der Waals surface area contributed by atoms with Crippen LogP contribution in [0, 0.1) is 0 Å². The van der Waals surface area contributed by atoms with Crippen molar-refractivity contribution in [3.8, 4) is 0 Å². The predicted octanol–water partition coefficient (Wildman–Crippen LogP) is 4.31. The summed E-state index contributed by atoms with van der Waals surface area (Å²) in [5.74, 6) is 0. The average molecular weight is 337 g/mol. The minimum atomic E-state index is -1.13. The summed E-state index contributed by atoms with van der Waals surface area (Å²) >= 11 is 5.96. The molecule has 0 spiro atoms. The molecule has 0 bridgehead atoms. The van der Waals surface area contributed by atoms with E-state index < -0.39 is 8.80 Å². The highest BCUT2D eigenvalue weighted by molar-refractivity contribution is 6.85. The Labute approximate surface area is 145 Å². The molecule has 0 aliphatic heterocycles. The molecule has 3 aromatic carbocycles. The maximum absolute atomic E-state index is 5.96. The average Bonchev–Trinajstić information content (AvgIpc) is 2.62. The van der Waals surface area contributed by atoms with Gasteiger partial charge in [0.15, 0.2) is 0 Å². The molecule has 3 rings (SSSR count). The van der Waals surface area contributed by atoms with Gasteiger partial charge in [-0.05, 0) is 24.1 Å². The molecule has 0 aliphatic rings. The summed E-state index contributed by atoms with van der Waals surface area (Å²) in [5.41, 5.74) is 1.38. The Morgan fingerprint density at radius 2 is 1.17 bits per heavy atom. The maximum atomic E-state index is 5.96. The monoisotopic (exact) mass is 336 g/mol. The lowest BCUT2D eigenvalue weighted by Gasteiger charge is -2.16. The third-order valence-electron chi connectivity index (χ3n) is 4.28. The van der Waals surface area contributed by atoms with E-state index in [1.54, 1.807) is 0 Å². The summed E-state index contributed by atoms with van der Waals surface area (Å²) in [4.78, 5) is 0. The normalized spacial score (nSPS) is 10.9. The molecule has 0 radical (unpaired) electrons. The van der Waals surface area contributed by atoms with E-state index in [2.05, 4.69) is 72.8 Å². The first kappa shape index (κ1) is 16.0. The minimum absolute atomic E-state index is 0.814. The Bertz CT molecular complexity index is 668. The van der Waals surface area contributed by atoms with E-state index >= 15 is 0 Å². The quantitative estimate of drug-likeness (QED) is 0.588. The molecule has 3 aromatic rings. The second kappa shape index (κ2) is 8.14. The van der Waals surface area contributed by atoms with Gasteiger partial charge in [-0.2, -0.15) is 0 Å². The van der Waals surface area contributed by atoms with E-state index in [4.69, 9.17) is 11.6 Å². The molecule has 0 aliphatic carbocycles. The van der Waals surface area contributed by atoms with Gasteiger partial charge in [0, 0.05) is 5.02 Å². The molecule has 0 saturated heterocycles. The van der Waals surface area contributed by atoms with Crippen molar-refractivity contribution in [3.05, 3.63) is 95.5 Å². The highest BCUT2D eigenvalue weighted by atomic mass is 35.5. The molecule has 2 heteroatoms. The fourth-order valence-corrected chi connectivity index (χ4v) is 6.22. The maximum Gasteiger partial charge on any atom is 0.103 e. The molecular weight excluding hydrogens is 316 g/mol. The van der Waals surface area contributed by atoms with Gasteiger partial charge in [0.1, 0.15) is 8.80 Å². The molecule has 0 N–H and O–H groups in total. The first-order chi connectivity index (χ1) is 11.3. The zero-order valence-corrected chi connectivity index (χ0v) is 15.1. The highest BCUT2D eigenvalue weighted by Gasteiger charge is 2.15. The SMILES string of the molecule is Clc1ccc(CCC[SiH](c2ccccc2)c2ccccc2)cc1. The van der Waals surface area contributed by atoms with Gasteiger partial charge in [0.25, 0.3) is 0 Å². The van der Waals surface area contributed by atoms with Gasteiger partial charge in [0.2, 0.25) is 0 Å². The lowest BCUT2D eigenvalue weighted by Crippen LogP contribution is -2.41. The number of hydrogen-bond acceptors (Lipinski definition) is 0. The number of aryl methyl sites for hydroxylation is 1. The lowest BCUT2D eigenvalue weighted by atomic mass is 10.1. The van der Waals surface area contributed by atoms with Crippen LogP contribution in [-0.4, -0.2) is 8.80 Å². The fourth-order valence-electron chi connectivity index (χ4n) is 3.06. The number of halogens is 1. The van der Waals surface area contributed by atoms with Crippen LogP contribution >= 0.6 is 11.6 Å². The van der Waals surface area contributed by atoms with Crippen molar-refractivity contribution in [1.29, 1.82) is 0 Å². The van der Waals surface area contributed by atoms with Crippen LogP contribution in [-0.2, 0) is 6.42 Å². The molecule has 0 unspecified atom stereocenters. The van der Waals surface area contributed by atoms with Crippen LogP contribution in [0.3, 0.4) is 0 Å². The van der Waals surface area contributed by atoms with Crippen LogP contribution in [0.1, 0.15) is 12.0 Å². The largest absolute Gasteiger partial charge is 0.103 e. The molecular formula is C21H21ClSi. The summed E-state index contributed by atoms with van der Waals surface area (Å²) in [6.07, 6.45) is 2.35. The van der Waals surface area contributed by atoms with E-state index in [0.29, 0.717) is 0 Å². The van der Waals surface area contributed by atoms with Gasteiger partial charge in [-0.15, -0.1) is 0 Å². The molecule has 116 valence electrons. The molecule has 0 aromatic heterocycles. The van der Waals surface area contributed by atoms with E-state index in [1.807, 2.05) is 12.1 Å². The zero-order valence-electron chi connectivity index (χ0n) is 13.2. The van der Waals surface area contributed by atoms with Gasteiger partial charge in [-0.25, -0.2) is 0 Å². The van der Waals surface area contributed by atoms with Gasteiger partial charge < -0.3 is 0 Å². The molecule has 23 heavy (non-hydrogen) atoms. The number of rotatable bonds is 6. The summed E-state index contributed by atoms with van der Waals surface area (Å²) in [7, 11) is -1.13. The van der Waals surface area contributed by atoms with Crippen LogP contribution in [0.25, 0.3) is 0 Å². The third kappa shape index (κ3) is 4.57. The van der Waals surface area contributed by atoms with Crippen molar-refractivity contribution in [2.75, 3.05) is 0 Å². The summed E-state index contributed by atoms with van der Waals surface area (Å²) in [6, 6.07) is 31.6. The molecule has 0 nitrogen and oxygen atoms in total. The minimum Gasteiger partial charge on any atom is -0.0843 e. The highest BCUT2D eigenvalue weighted by Crippen LogP contribution is 2.12. The Kier molecular flexibility index (Phi) is 5.68. The second-order valence-electron chi connectivity index (χ2n) is 5.89. The van der Waals surface area contributed by atoms with Gasteiger partial charge >= 0.3 is 0 Å². The van der Waals surface area contributed by atoms with Crippen molar-refractivity contribution < 1.29 is 0 Å². The molecule has 0 fully saturated rings. The predicted molar refractivity (Wildman–Crippen MR) is 104 cm³/mol. The van der Waals surface area contributed by atoms with Crippen molar-refractivity contribution in [2.24, 2.45) is 0 Å².